The molecule has 0 amide bonds. The topological polar surface area (TPSA) is 81.9 Å². The zero-order chi connectivity index (χ0) is 18.1. The van der Waals surface area contributed by atoms with E-state index in [1.807, 2.05) is 26.0 Å². The molecule has 0 saturated heterocycles. The van der Waals surface area contributed by atoms with Crippen molar-refractivity contribution in [3.63, 3.8) is 0 Å². The first-order chi connectivity index (χ1) is 11.9. The maximum absolute atomic E-state index is 9.82. The molecule has 0 aliphatic carbocycles. The Bertz CT molecular complexity index is 1010. The average molecular weight is 354 g/mol. The number of phenolic OH excluding ortho intramolecular Hbond substituents is 1. The van der Waals surface area contributed by atoms with E-state index in [2.05, 4.69) is 16.0 Å². The molecule has 25 heavy (non-hydrogen) atoms. The van der Waals surface area contributed by atoms with Crippen LogP contribution in [-0.4, -0.2) is 22.2 Å². The molecule has 0 atom stereocenters. The lowest BCUT2D eigenvalue weighted by molar-refractivity contribution is 0.373. The zero-order valence-electron chi connectivity index (χ0n) is 14.0. The molecule has 0 fully saturated rings. The molecule has 126 valence electrons. The quantitative estimate of drug-likeness (QED) is 0.673. The largest absolute Gasteiger partial charge is 0.503 e. The smallest absolute Gasteiger partial charge is 0.176 e. The van der Waals surface area contributed by atoms with Crippen LogP contribution in [0.3, 0.4) is 0 Å². The highest BCUT2D eigenvalue weighted by molar-refractivity contribution is 6.32. The second-order valence-corrected chi connectivity index (χ2v) is 6.17. The third kappa shape index (κ3) is 3.17. The first-order valence-electron chi connectivity index (χ1n) is 7.58. The number of phenols is 1. The summed E-state index contributed by atoms with van der Waals surface area (Å²) in [6, 6.07) is 9.32. The van der Waals surface area contributed by atoms with Gasteiger partial charge >= 0.3 is 0 Å². The van der Waals surface area contributed by atoms with Gasteiger partial charge in [0.25, 0.3) is 0 Å². The van der Waals surface area contributed by atoms with Crippen LogP contribution < -0.4 is 4.74 Å². The van der Waals surface area contributed by atoms with Crippen LogP contribution in [0, 0.1) is 25.2 Å². The normalized spacial score (nSPS) is 11.6. The zero-order valence-corrected chi connectivity index (χ0v) is 14.8. The van der Waals surface area contributed by atoms with E-state index in [1.165, 1.54) is 7.11 Å². The van der Waals surface area contributed by atoms with Crippen molar-refractivity contribution in [2.45, 2.75) is 13.8 Å². The van der Waals surface area contributed by atoms with Crippen LogP contribution in [-0.2, 0) is 0 Å². The number of hydrogen-bond acceptors (Lipinski definition) is 4. The van der Waals surface area contributed by atoms with Gasteiger partial charge in [0.05, 0.1) is 28.7 Å². The number of aryl methyl sites for hydroxylation is 2. The molecule has 2 N–H and O–H groups in total. The predicted molar refractivity (Wildman–Crippen MR) is 98.7 cm³/mol. The number of aromatic hydroxyl groups is 1. The van der Waals surface area contributed by atoms with Crippen molar-refractivity contribution in [1.82, 2.24) is 9.97 Å². The lowest BCUT2D eigenvalue weighted by Crippen LogP contribution is -1.88. The monoisotopic (exact) mass is 353 g/mol. The molecule has 3 aromatic rings. The molecule has 5 nitrogen and oxygen atoms in total. The van der Waals surface area contributed by atoms with E-state index < -0.39 is 0 Å². The first kappa shape index (κ1) is 16.9. The van der Waals surface area contributed by atoms with Crippen molar-refractivity contribution in [2.75, 3.05) is 7.11 Å². The minimum absolute atomic E-state index is 0.130. The van der Waals surface area contributed by atoms with E-state index in [0.717, 1.165) is 22.2 Å². The van der Waals surface area contributed by atoms with Crippen molar-refractivity contribution in [1.29, 1.82) is 5.26 Å². The van der Waals surface area contributed by atoms with Gasteiger partial charge in [0, 0.05) is 0 Å². The summed E-state index contributed by atoms with van der Waals surface area (Å²) in [4.78, 5) is 7.68. The van der Waals surface area contributed by atoms with Crippen LogP contribution in [0.5, 0.6) is 11.5 Å². The number of fused-ring (bicyclic) bond motifs is 1. The molecule has 0 bridgehead atoms. The highest BCUT2D eigenvalue weighted by atomic mass is 35.5. The average Bonchev–Trinajstić information content (AvgIpc) is 2.98. The van der Waals surface area contributed by atoms with E-state index in [0.29, 0.717) is 17.0 Å². The number of aromatic amines is 1. The third-order valence-electron chi connectivity index (χ3n) is 4.05. The minimum Gasteiger partial charge on any atom is -0.503 e. The number of hydrogen-bond donors (Lipinski definition) is 2. The summed E-state index contributed by atoms with van der Waals surface area (Å²) in [5.74, 6) is 0.590. The summed E-state index contributed by atoms with van der Waals surface area (Å²) in [7, 11) is 1.44. The molecule has 1 heterocycles. The Labute approximate surface area is 150 Å². The lowest BCUT2D eigenvalue weighted by Gasteiger charge is -2.06. The Kier molecular flexibility index (Phi) is 4.39. The summed E-state index contributed by atoms with van der Waals surface area (Å²) in [5, 5.41) is 19.5. The molecule has 0 spiro atoms. The van der Waals surface area contributed by atoms with Crippen molar-refractivity contribution in [3.05, 3.63) is 51.8 Å². The summed E-state index contributed by atoms with van der Waals surface area (Å²) >= 11 is 6.00. The van der Waals surface area contributed by atoms with Crippen LogP contribution in [0.2, 0.25) is 5.02 Å². The van der Waals surface area contributed by atoms with E-state index in [9.17, 15) is 10.4 Å². The SMILES string of the molecule is COc1cc(/C=C(/C#N)c2nc3cc(C)c(C)cc3[nH]2)cc(Cl)c1O. The van der Waals surface area contributed by atoms with Crippen molar-refractivity contribution >= 4 is 34.3 Å². The fourth-order valence-electron chi connectivity index (χ4n) is 2.55. The first-order valence-corrected chi connectivity index (χ1v) is 7.96. The molecule has 6 heteroatoms. The molecular formula is C19H16ClN3O2. The second kappa shape index (κ2) is 6.50. The Balaban J connectivity index is 2.10. The van der Waals surface area contributed by atoms with Gasteiger partial charge in [-0.15, -0.1) is 0 Å². The second-order valence-electron chi connectivity index (χ2n) is 5.76. The minimum atomic E-state index is -0.130. The number of rotatable bonds is 3. The van der Waals surface area contributed by atoms with Crippen LogP contribution in [0.15, 0.2) is 24.3 Å². The molecule has 2 aromatic carbocycles. The Morgan fingerprint density at radius 1 is 1.28 bits per heavy atom. The molecular weight excluding hydrogens is 338 g/mol. The van der Waals surface area contributed by atoms with Crippen LogP contribution in [0.25, 0.3) is 22.7 Å². The number of nitrogens with zero attached hydrogens (tertiary/aromatic N) is 2. The highest BCUT2D eigenvalue weighted by Gasteiger charge is 2.12. The number of benzene rings is 2. The fourth-order valence-corrected chi connectivity index (χ4v) is 2.77. The number of H-pyrrole nitrogens is 1. The number of ether oxygens (including phenoxy) is 1. The van der Waals surface area contributed by atoms with Crippen molar-refractivity contribution in [3.8, 4) is 17.6 Å². The van der Waals surface area contributed by atoms with Gasteiger partial charge in [0.15, 0.2) is 11.5 Å². The third-order valence-corrected chi connectivity index (χ3v) is 4.34. The highest BCUT2D eigenvalue weighted by Crippen LogP contribution is 2.36. The number of allylic oxidation sites excluding steroid dienone is 1. The van der Waals surface area contributed by atoms with Crippen LogP contribution in [0.1, 0.15) is 22.5 Å². The van der Waals surface area contributed by atoms with Crippen LogP contribution in [0.4, 0.5) is 0 Å². The molecule has 0 unspecified atom stereocenters. The maximum Gasteiger partial charge on any atom is 0.176 e. The van der Waals surface area contributed by atoms with Crippen molar-refractivity contribution in [2.24, 2.45) is 0 Å². The van der Waals surface area contributed by atoms with E-state index in [4.69, 9.17) is 16.3 Å². The van der Waals surface area contributed by atoms with E-state index in [-0.39, 0.29) is 16.5 Å². The van der Waals surface area contributed by atoms with Gasteiger partial charge in [-0.25, -0.2) is 4.98 Å². The standard InChI is InChI=1S/C19H16ClN3O2/c1-10-4-15-16(5-11(10)2)23-19(22-15)13(9-21)6-12-7-14(20)18(24)17(8-12)25-3/h4-8,24H,1-3H3,(H,22,23)/b13-6-. The molecule has 0 aliphatic heterocycles. The van der Waals surface area contributed by atoms with Crippen LogP contribution >= 0.6 is 11.6 Å². The fraction of sp³-hybridized carbons (Fsp3) is 0.158. The van der Waals surface area contributed by atoms with Crippen molar-refractivity contribution < 1.29 is 9.84 Å². The van der Waals surface area contributed by atoms with E-state index >= 15 is 0 Å². The predicted octanol–water partition coefficient (Wildman–Crippen LogP) is 4.61. The van der Waals surface area contributed by atoms with Gasteiger partial charge in [0.2, 0.25) is 0 Å². The summed E-state index contributed by atoms with van der Waals surface area (Å²) in [5.41, 5.74) is 4.96. The van der Waals surface area contributed by atoms with E-state index in [1.54, 1.807) is 18.2 Å². The van der Waals surface area contributed by atoms with Gasteiger partial charge in [-0.3, -0.25) is 0 Å². The molecule has 0 aliphatic rings. The number of nitriles is 1. The molecule has 1 aromatic heterocycles. The number of aromatic nitrogens is 2. The van der Waals surface area contributed by atoms with Gasteiger partial charge < -0.3 is 14.8 Å². The van der Waals surface area contributed by atoms with Gasteiger partial charge in [-0.2, -0.15) is 5.26 Å². The van der Waals surface area contributed by atoms with Gasteiger partial charge in [-0.05, 0) is 60.9 Å². The lowest BCUT2D eigenvalue weighted by atomic mass is 10.1. The number of nitrogens with one attached hydrogen (secondary N) is 1. The van der Waals surface area contributed by atoms with Gasteiger partial charge in [-0.1, -0.05) is 11.6 Å². The number of methoxy groups -OCH3 is 1. The van der Waals surface area contributed by atoms with Gasteiger partial charge in [0.1, 0.15) is 11.9 Å². The summed E-state index contributed by atoms with van der Waals surface area (Å²) in [6.45, 7) is 4.05. The summed E-state index contributed by atoms with van der Waals surface area (Å²) in [6.07, 6.45) is 1.64. The Morgan fingerprint density at radius 2 is 2.00 bits per heavy atom. The molecule has 0 saturated carbocycles. The number of imidazole rings is 1. The Morgan fingerprint density at radius 3 is 2.68 bits per heavy atom. The summed E-state index contributed by atoms with van der Waals surface area (Å²) < 4.78 is 5.09. The molecule has 3 rings (SSSR count). The maximum atomic E-state index is 9.82. The molecule has 0 radical (unpaired) electrons. The Hall–Kier alpha value is -2.97. The number of halogens is 1.